The van der Waals surface area contributed by atoms with Crippen molar-refractivity contribution in [2.45, 2.75) is 10.1 Å². The molecule has 3 heteroatoms. The molecule has 0 saturated heterocycles. The normalized spacial score (nSPS) is 10.8. The second-order valence-corrected chi connectivity index (χ2v) is 4.54. The van der Waals surface area contributed by atoms with Gasteiger partial charge in [-0.15, -0.1) is 0 Å². The third-order valence-electron chi connectivity index (χ3n) is 2.33. The van der Waals surface area contributed by atoms with Gasteiger partial charge in [-0.3, -0.25) is 0 Å². The molecule has 3 rings (SSSR count). The standard InChI is InChI=1S/C13H10N2S/c1-2-6-10(7-3-1)16-13-14-11-8-4-5-9-12(11)15-13/h1-9H,(H,14,15). The molecular weight excluding hydrogens is 216 g/mol. The first-order valence-electron chi connectivity index (χ1n) is 5.09. The minimum atomic E-state index is 0.937. The van der Waals surface area contributed by atoms with E-state index in [0.717, 1.165) is 16.2 Å². The Balaban J connectivity index is 1.95. The minimum absolute atomic E-state index is 0.937. The minimum Gasteiger partial charge on any atom is -0.333 e. The summed E-state index contributed by atoms with van der Waals surface area (Å²) in [6.07, 6.45) is 0. The molecular formula is C13H10N2S. The fourth-order valence-corrected chi connectivity index (χ4v) is 2.40. The van der Waals surface area contributed by atoms with E-state index in [0.29, 0.717) is 0 Å². The first-order valence-corrected chi connectivity index (χ1v) is 5.91. The summed E-state index contributed by atoms with van der Waals surface area (Å²) in [6.45, 7) is 0. The predicted molar refractivity (Wildman–Crippen MR) is 66.7 cm³/mol. The fourth-order valence-electron chi connectivity index (χ4n) is 1.58. The number of imidazole rings is 1. The van der Waals surface area contributed by atoms with E-state index in [-0.39, 0.29) is 0 Å². The number of aromatic nitrogens is 2. The Morgan fingerprint density at radius 1 is 0.875 bits per heavy atom. The van der Waals surface area contributed by atoms with Gasteiger partial charge in [0.05, 0.1) is 11.0 Å². The van der Waals surface area contributed by atoms with Crippen molar-refractivity contribution in [3.63, 3.8) is 0 Å². The van der Waals surface area contributed by atoms with Gasteiger partial charge in [0.15, 0.2) is 5.16 Å². The Morgan fingerprint density at radius 3 is 2.44 bits per heavy atom. The van der Waals surface area contributed by atoms with E-state index in [1.165, 1.54) is 4.90 Å². The zero-order valence-electron chi connectivity index (χ0n) is 8.55. The summed E-state index contributed by atoms with van der Waals surface area (Å²) < 4.78 is 0. The highest BCUT2D eigenvalue weighted by molar-refractivity contribution is 7.99. The number of aromatic amines is 1. The molecule has 0 aliphatic heterocycles. The Labute approximate surface area is 97.7 Å². The molecule has 3 aromatic rings. The molecule has 0 spiro atoms. The Hall–Kier alpha value is -1.74. The van der Waals surface area contributed by atoms with Crippen molar-refractivity contribution in [1.29, 1.82) is 0 Å². The van der Waals surface area contributed by atoms with Crippen LogP contribution in [0.3, 0.4) is 0 Å². The van der Waals surface area contributed by atoms with Gasteiger partial charge in [-0.1, -0.05) is 42.1 Å². The summed E-state index contributed by atoms with van der Waals surface area (Å²) in [5.74, 6) is 0. The van der Waals surface area contributed by atoms with Crippen LogP contribution < -0.4 is 0 Å². The maximum atomic E-state index is 4.52. The van der Waals surface area contributed by atoms with Crippen LogP contribution >= 0.6 is 11.8 Å². The molecule has 0 fully saturated rings. The molecule has 2 aromatic carbocycles. The molecule has 0 aliphatic rings. The molecule has 0 unspecified atom stereocenters. The molecule has 0 radical (unpaired) electrons. The zero-order valence-corrected chi connectivity index (χ0v) is 9.37. The van der Waals surface area contributed by atoms with Crippen LogP contribution in [-0.4, -0.2) is 9.97 Å². The number of hydrogen-bond acceptors (Lipinski definition) is 2. The lowest BCUT2D eigenvalue weighted by molar-refractivity contribution is 1.08. The first kappa shape index (κ1) is 9.48. The molecule has 0 aliphatic carbocycles. The number of rotatable bonds is 2. The highest BCUT2D eigenvalue weighted by Crippen LogP contribution is 2.26. The number of hydrogen-bond donors (Lipinski definition) is 1. The second-order valence-electron chi connectivity index (χ2n) is 3.47. The summed E-state index contributed by atoms with van der Waals surface area (Å²) in [5.41, 5.74) is 2.10. The van der Waals surface area contributed by atoms with Gasteiger partial charge in [0.1, 0.15) is 0 Å². The van der Waals surface area contributed by atoms with Crippen molar-refractivity contribution < 1.29 is 0 Å². The lowest BCUT2D eigenvalue weighted by atomic mass is 10.3. The van der Waals surface area contributed by atoms with Crippen LogP contribution in [0, 0.1) is 0 Å². The van der Waals surface area contributed by atoms with Crippen molar-refractivity contribution in [2.75, 3.05) is 0 Å². The molecule has 16 heavy (non-hydrogen) atoms. The molecule has 0 amide bonds. The Kier molecular flexibility index (Phi) is 2.38. The lowest BCUT2D eigenvalue weighted by Gasteiger charge is -1.95. The van der Waals surface area contributed by atoms with Crippen molar-refractivity contribution in [3.05, 3.63) is 54.6 Å². The van der Waals surface area contributed by atoms with Gasteiger partial charge in [-0.25, -0.2) is 4.98 Å². The van der Waals surface area contributed by atoms with Crippen LogP contribution in [0.4, 0.5) is 0 Å². The maximum absolute atomic E-state index is 4.52. The lowest BCUT2D eigenvalue weighted by Crippen LogP contribution is -1.74. The molecule has 1 heterocycles. The summed E-state index contributed by atoms with van der Waals surface area (Å²) >= 11 is 1.65. The SMILES string of the molecule is c1ccc(Sc2nc3ccccc3[nH]2)cc1. The van der Waals surface area contributed by atoms with E-state index in [1.54, 1.807) is 11.8 Å². The third kappa shape index (κ3) is 1.82. The predicted octanol–water partition coefficient (Wildman–Crippen LogP) is 3.71. The number of nitrogens with zero attached hydrogens (tertiary/aromatic N) is 1. The number of fused-ring (bicyclic) bond motifs is 1. The van der Waals surface area contributed by atoms with Crippen molar-refractivity contribution >= 4 is 22.8 Å². The number of benzene rings is 2. The van der Waals surface area contributed by atoms with Gasteiger partial charge in [0, 0.05) is 4.90 Å². The van der Waals surface area contributed by atoms with Gasteiger partial charge in [-0.05, 0) is 24.3 Å². The summed E-state index contributed by atoms with van der Waals surface area (Å²) in [6, 6.07) is 18.3. The van der Waals surface area contributed by atoms with Gasteiger partial charge < -0.3 is 4.98 Å². The van der Waals surface area contributed by atoms with Gasteiger partial charge >= 0.3 is 0 Å². The van der Waals surface area contributed by atoms with Crippen molar-refractivity contribution in [3.8, 4) is 0 Å². The van der Waals surface area contributed by atoms with Crippen LogP contribution in [0.15, 0.2) is 64.6 Å². The van der Waals surface area contributed by atoms with Crippen molar-refractivity contribution in [2.24, 2.45) is 0 Å². The Morgan fingerprint density at radius 2 is 1.62 bits per heavy atom. The van der Waals surface area contributed by atoms with Gasteiger partial charge in [0.25, 0.3) is 0 Å². The fraction of sp³-hybridized carbons (Fsp3) is 0. The largest absolute Gasteiger partial charge is 0.333 e. The number of H-pyrrole nitrogens is 1. The molecule has 78 valence electrons. The third-order valence-corrected chi connectivity index (χ3v) is 3.22. The van der Waals surface area contributed by atoms with E-state index in [1.807, 2.05) is 42.5 Å². The molecule has 0 saturated carbocycles. The van der Waals surface area contributed by atoms with E-state index < -0.39 is 0 Å². The van der Waals surface area contributed by atoms with E-state index in [2.05, 4.69) is 22.1 Å². The quantitative estimate of drug-likeness (QED) is 0.721. The highest BCUT2D eigenvalue weighted by Gasteiger charge is 2.02. The maximum Gasteiger partial charge on any atom is 0.171 e. The van der Waals surface area contributed by atoms with Crippen LogP contribution in [0.5, 0.6) is 0 Å². The zero-order chi connectivity index (χ0) is 10.8. The van der Waals surface area contributed by atoms with Crippen LogP contribution in [0.25, 0.3) is 11.0 Å². The van der Waals surface area contributed by atoms with Crippen LogP contribution in [0.2, 0.25) is 0 Å². The van der Waals surface area contributed by atoms with E-state index in [9.17, 15) is 0 Å². The molecule has 1 aromatic heterocycles. The van der Waals surface area contributed by atoms with E-state index >= 15 is 0 Å². The average molecular weight is 226 g/mol. The number of para-hydroxylation sites is 2. The topological polar surface area (TPSA) is 28.7 Å². The number of nitrogens with one attached hydrogen (secondary N) is 1. The smallest absolute Gasteiger partial charge is 0.171 e. The summed E-state index contributed by atoms with van der Waals surface area (Å²) in [5, 5.41) is 0.937. The second kappa shape index (κ2) is 4.02. The van der Waals surface area contributed by atoms with Gasteiger partial charge in [0.2, 0.25) is 0 Å². The average Bonchev–Trinajstić information content (AvgIpc) is 2.72. The summed E-state index contributed by atoms with van der Waals surface area (Å²) in [7, 11) is 0. The van der Waals surface area contributed by atoms with Gasteiger partial charge in [-0.2, -0.15) is 0 Å². The van der Waals surface area contributed by atoms with Crippen molar-refractivity contribution in [1.82, 2.24) is 9.97 Å². The molecule has 0 atom stereocenters. The van der Waals surface area contributed by atoms with Crippen LogP contribution in [-0.2, 0) is 0 Å². The monoisotopic (exact) mass is 226 g/mol. The molecule has 1 N–H and O–H groups in total. The first-order chi connectivity index (χ1) is 7.92. The van der Waals surface area contributed by atoms with Crippen LogP contribution in [0.1, 0.15) is 0 Å². The van der Waals surface area contributed by atoms with E-state index in [4.69, 9.17) is 0 Å². The molecule has 2 nitrogen and oxygen atoms in total. The summed E-state index contributed by atoms with van der Waals surface area (Å²) in [4.78, 5) is 9.01. The Bertz CT molecular complexity index is 568. The molecule has 0 bridgehead atoms. The highest BCUT2D eigenvalue weighted by atomic mass is 32.2.